The molecule has 0 aliphatic carbocycles. The third-order valence-electron chi connectivity index (χ3n) is 5.09. The predicted molar refractivity (Wildman–Crippen MR) is 109 cm³/mol. The van der Waals surface area contributed by atoms with E-state index in [1.807, 2.05) is 42.5 Å². The van der Waals surface area contributed by atoms with Gasteiger partial charge in [0, 0.05) is 13.1 Å². The predicted octanol–water partition coefficient (Wildman–Crippen LogP) is 2.35. The van der Waals surface area contributed by atoms with Gasteiger partial charge < -0.3 is 15.5 Å². The van der Waals surface area contributed by atoms with Crippen molar-refractivity contribution in [3.8, 4) is 0 Å². The lowest BCUT2D eigenvalue weighted by molar-refractivity contribution is -0.125. The molecule has 2 N–H and O–H groups in total. The molecule has 5 heteroatoms. The number of rotatable bonds is 8. The van der Waals surface area contributed by atoms with Gasteiger partial charge >= 0.3 is 0 Å². The highest BCUT2D eigenvalue weighted by atomic mass is 16.2. The van der Waals surface area contributed by atoms with E-state index in [0.29, 0.717) is 12.5 Å². The first-order valence-corrected chi connectivity index (χ1v) is 9.84. The largest absolute Gasteiger partial charge is 0.354 e. The maximum atomic E-state index is 12.2. The minimum absolute atomic E-state index is 0.0278. The Labute approximate surface area is 161 Å². The van der Waals surface area contributed by atoms with E-state index in [1.165, 1.54) is 25.9 Å². The summed E-state index contributed by atoms with van der Waals surface area (Å²) in [6, 6.07) is 14.0. The van der Waals surface area contributed by atoms with Gasteiger partial charge in [0.1, 0.15) is 0 Å². The van der Waals surface area contributed by atoms with Crippen molar-refractivity contribution in [1.29, 1.82) is 0 Å². The monoisotopic (exact) mass is 367 g/mol. The Morgan fingerprint density at radius 1 is 1.00 bits per heavy atom. The Morgan fingerprint density at radius 2 is 1.74 bits per heavy atom. The summed E-state index contributed by atoms with van der Waals surface area (Å²) < 4.78 is 0. The zero-order chi connectivity index (χ0) is 19.1. The summed E-state index contributed by atoms with van der Waals surface area (Å²) in [6.45, 7) is 6.19. The second-order valence-corrected chi connectivity index (χ2v) is 7.51. The van der Waals surface area contributed by atoms with Gasteiger partial charge in [-0.1, -0.05) is 49.4 Å². The van der Waals surface area contributed by atoms with Gasteiger partial charge in [-0.05, 0) is 48.2 Å². The molecule has 144 valence electrons. The number of carbonyl (C=O) groups is 2. The number of amides is 2. The molecule has 0 bridgehead atoms. The zero-order valence-electron chi connectivity index (χ0n) is 16.0. The number of benzene rings is 2. The van der Waals surface area contributed by atoms with Crippen LogP contribution in [0.2, 0.25) is 0 Å². The van der Waals surface area contributed by atoms with E-state index in [0.717, 1.165) is 22.9 Å². The van der Waals surface area contributed by atoms with Gasteiger partial charge in [0.05, 0.1) is 13.0 Å². The molecule has 1 aliphatic heterocycles. The van der Waals surface area contributed by atoms with Crippen molar-refractivity contribution >= 4 is 22.6 Å². The Hall–Kier alpha value is -2.40. The van der Waals surface area contributed by atoms with Crippen LogP contribution in [0.3, 0.4) is 0 Å². The molecule has 0 radical (unpaired) electrons. The number of likely N-dealkylation sites (tertiary alicyclic amines) is 1. The lowest BCUT2D eigenvalue weighted by atomic mass is 10.0. The summed E-state index contributed by atoms with van der Waals surface area (Å²) in [5, 5.41) is 7.85. The smallest absolute Gasteiger partial charge is 0.239 e. The van der Waals surface area contributed by atoms with E-state index in [9.17, 15) is 9.59 Å². The number of nitrogens with one attached hydrogen (secondary N) is 2. The molecule has 2 amide bonds. The van der Waals surface area contributed by atoms with Gasteiger partial charge in [0.2, 0.25) is 11.8 Å². The summed E-state index contributed by atoms with van der Waals surface area (Å²) in [7, 11) is 0. The molecule has 1 heterocycles. The van der Waals surface area contributed by atoms with Gasteiger partial charge in [0.25, 0.3) is 0 Å². The first kappa shape index (κ1) is 19.4. The molecular weight excluding hydrogens is 338 g/mol. The van der Waals surface area contributed by atoms with E-state index >= 15 is 0 Å². The topological polar surface area (TPSA) is 61.4 Å². The molecular formula is C22H29N3O2. The fraction of sp³-hybridized carbons (Fsp3) is 0.455. The SMILES string of the molecule is CC(CNC(=O)CNC(=O)Cc1cccc2ccccc12)CN1CCCC1. The minimum atomic E-state index is -0.133. The highest BCUT2D eigenvalue weighted by Crippen LogP contribution is 2.18. The Morgan fingerprint density at radius 3 is 2.56 bits per heavy atom. The van der Waals surface area contributed by atoms with E-state index in [-0.39, 0.29) is 24.8 Å². The fourth-order valence-corrected chi connectivity index (χ4v) is 3.68. The third-order valence-corrected chi connectivity index (χ3v) is 5.09. The zero-order valence-corrected chi connectivity index (χ0v) is 16.0. The van der Waals surface area contributed by atoms with Crippen LogP contribution in [0.4, 0.5) is 0 Å². The quantitative estimate of drug-likeness (QED) is 0.753. The van der Waals surface area contributed by atoms with Gasteiger partial charge in [-0.15, -0.1) is 0 Å². The standard InChI is InChI=1S/C22H29N3O2/c1-17(16-25-11-4-5-12-25)14-23-22(27)15-24-21(26)13-19-9-6-8-18-7-2-3-10-20(18)19/h2-3,6-10,17H,4-5,11-16H2,1H3,(H,23,27)(H,24,26). The molecule has 0 saturated carbocycles. The Kier molecular flexibility index (Phi) is 6.82. The van der Waals surface area contributed by atoms with E-state index in [2.05, 4.69) is 22.5 Å². The summed E-state index contributed by atoms with van der Waals surface area (Å²) in [6.07, 6.45) is 2.84. The minimum Gasteiger partial charge on any atom is -0.354 e. The van der Waals surface area contributed by atoms with Gasteiger partial charge in [-0.25, -0.2) is 0 Å². The molecule has 2 aromatic rings. The van der Waals surface area contributed by atoms with Crippen molar-refractivity contribution in [3.63, 3.8) is 0 Å². The molecule has 1 atom stereocenters. The highest BCUT2D eigenvalue weighted by Gasteiger charge is 2.15. The van der Waals surface area contributed by atoms with Crippen LogP contribution in [0.5, 0.6) is 0 Å². The molecule has 0 spiro atoms. The van der Waals surface area contributed by atoms with E-state index in [4.69, 9.17) is 0 Å². The van der Waals surface area contributed by atoms with Crippen LogP contribution in [-0.4, -0.2) is 49.4 Å². The van der Waals surface area contributed by atoms with Crippen molar-refractivity contribution in [3.05, 3.63) is 48.0 Å². The van der Waals surface area contributed by atoms with Gasteiger partial charge in [-0.2, -0.15) is 0 Å². The van der Waals surface area contributed by atoms with Crippen molar-refractivity contribution in [2.24, 2.45) is 5.92 Å². The lowest BCUT2D eigenvalue weighted by Gasteiger charge is -2.20. The van der Waals surface area contributed by atoms with Crippen LogP contribution in [0, 0.1) is 5.92 Å². The molecule has 27 heavy (non-hydrogen) atoms. The number of hydrogen-bond donors (Lipinski definition) is 2. The molecule has 3 rings (SSSR count). The normalized spacial score (nSPS) is 15.6. The average Bonchev–Trinajstić information content (AvgIpc) is 3.18. The van der Waals surface area contributed by atoms with Crippen LogP contribution < -0.4 is 10.6 Å². The Bertz CT molecular complexity index is 779. The maximum Gasteiger partial charge on any atom is 0.239 e. The third kappa shape index (κ3) is 5.79. The molecule has 1 fully saturated rings. The molecule has 0 aromatic heterocycles. The van der Waals surface area contributed by atoms with Crippen molar-refractivity contribution in [2.75, 3.05) is 32.7 Å². The van der Waals surface area contributed by atoms with Crippen LogP contribution in [0.1, 0.15) is 25.3 Å². The molecule has 2 aromatic carbocycles. The van der Waals surface area contributed by atoms with Crippen LogP contribution in [-0.2, 0) is 16.0 Å². The van der Waals surface area contributed by atoms with Gasteiger partial charge in [-0.3, -0.25) is 9.59 Å². The van der Waals surface area contributed by atoms with Gasteiger partial charge in [0.15, 0.2) is 0 Å². The molecule has 1 saturated heterocycles. The van der Waals surface area contributed by atoms with Crippen molar-refractivity contribution in [2.45, 2.75) is 26.2 Å². The molecule has 5 nitrogen and oxygen atoms in total. The van der Waals surface area contributed by atoms with Crippen LogP contribution in [0.25, 0.3) is 10.8 Å². The number of fused-ring (bicyclic) bond motifs is 1. The second-order valence-electron chi connectivity index (χ2n) is 7.51. The number of hydrogen-bond acceptors (Lipinski definition) is 3. The highest BCUT2D eigenvalue weighted by molar-refractivity contribution is 5.91. The molecule has 1 aliphatic rings. The van der Waals surface area contributed by atoms with Crippen LogP contribution in [0.15, 0.2) is 42.5 Å². The average molecular weight is 367 g/mol. The Balaban J connectivity index is 1.40. The first-order chi connectivity index (χ1) is 13.1. The fourth-order valence-electron chi connectivity index (χ4n) is 3.68. The lowest BCUT2D eigenvalue weighted by Crippen LogP contribution is -2.40. The van der Waals surface area contributed by atoms with Crippen molar-refractivity contribution < 1.29 is 9.59 Å². The molecule has 1 unspecified atom stereocenters. The van der Waals surface area contributed by atoms with Crippen molar-refractivity contribution in [1.82, 2.24) is 15.5 Å². The first-order valence-electron chi connectivity index (χ1n) is 9.84. The second kappa shape index (κ2) is 9.51. The summed E-state index contributed by atoms with van der Waals surface area (Å²) in [5.74, 6) is 0.152. The number of nitrogens with zero attached hydrogens (tertiary/aromatic N) is 1. The number of carbonyl (C=O) groups excluding carboxylic acids is 2. The maximum absolute atomic E-state index is 12.2. The summed E-state index contributed by atoms with van der Waals surface area (Å²) in [5.41, 5.74) is 0.977. The summed E-state index contributed by atoms with van der Waals surface area (Å²) >= 11 is 0. The summed E-state index contributed by atoms with van der Waals surface area (Å²) in [4.78, 5) is 26.7. The van der Waals surface area contributed by atoms with Crippen LogP contribution >= 0.6 is 0 Å². The van der Waals surface area contributed by atoms with E-state index in [1.54, 1.807) is 0 Å². The van der Waals surface area contributed by atoms with E-state index < -0.39 is 0 Å².